The predicted molar refractivity (Wildman–Crippen MR) is 212 cm³/mol. The van der Waals surface area contributed by atoms with Gasteiger partial charge in [-0.25, -0.2) is 9.97 Å². The number of ether oxygens (including phenoxy) is 2. The summed E-state index contributed by atoms with van der Waals surface area (Å²) in [6.07, 6.45) is 18.8. The van der Waals surface area contributed by atoms with Gasteiger partial charge in [-0.1, -0.05) is 25.3 Å². The van der Waals surface area contributed by atoms with E-state index in [4.69, 9.17) is 9.47 Å². The first-order chi connectivity index (χ1) is 27.6. The van der Waals surface area contributed by atoms with E-state index in [-0.39, 0.29) is 55.1 Å². The molecule has 16 heteroatoms. The number of aromatic nitrogens is 4. The van der Waals surface area contributed by atoms with Crippen LogP contribution < -0.4 is 36.1 Å². The minimum absolute atomic E-state index is 0.149. The number of rotatable bonds is 18. The number of fused-ring (bicyclic) bond motifs is 4. The van der Waals surface area contributed by atoms with Crippen molar-refractivity contribution in [3.05, 3.63) is 60.2 Å². The lowest BCUT2D eigenvalue weighted by molar-refractivity contribution is -0.131. The average Bonchev–Trinajstić information content (AvgIpc) is 3.88. The standard InChI is InChI=1S/C41H59N9O7/c1-27(51)48-35(21-30-23-42-25-46-30)40(54)44-18-9-8-12-34(50-41(55)36(49-28(2)52)22-31-24-43-26-47-31)39(53)45-19-17-29-13-16-37-38(20-29)57-33-11-7-5-3-4-6-10-32(56-37)14-15-33/h13,16,20,23-26,32-36H,3-12,14-15,17-19,21-22H2,1-2H3,(H,42,46)(H,43,47)(H,44,54)(H,45,53)(H,48,51)(H,49,52)(H,50,55). The Hall–Kier alpha value is -5.41. The summed E-state index contributed by atoms with van der Waals surface area (Å²) >= 11 is 0. The molecule has 2 aromatic heterocycles. The lowest BCUT2D eigenvalue weighted by atomic mass is 10.0. The molecule has 5 amide bonds. The number of carbonyl (C=O) groups is 5. The summed E-state index contributed by atoms with van der Waals surface area (Å²) in [6.45, 7) is 3.29. The molecule has 0 saturated heterocycles. The first-order valence-corrected chi connectivity index (χ1v) is 20.4. The fourth-order valence-electron chi connectivity index (χ4n) is 7.37. The van der Waals surface area contributed by atoms with Crippen LogP contribution in [0.4, 0.5) is 0 Å². The van der Waals surface area contributed by atoms with Gasteiger partial charge in [0, 0.05) is 63.6 Å². The molecule has 1 aromatic carbocycles. The molecule has 310 valence electrons. The van der Waals surface area contributed by atoms with Gasteiger partial charge in [-0.3, -0.25) is 24.0 Å². The summed E-state index contributed by atoms with van der Waals surface area (Å²) in [5.74, 6) is -0.415. The molecule has 3 heterocycles. The number of benzene rings is 1. The lowest BCUT2D eigenvalue weighted by Crippen LogP contribution is -2.54. The molecule has 5 rings (SSSR count). The minimum Gasteiger partial charge on any atom is -0.487 e. The molecule has 16 nitrogen and oxygen atoms in total. The average molecular weight is 790 g/mol. The maximum Gasteiger partial charge on any atom is 0.243 e. The van der Waals surface area contributed by atoms with Gasteiger partial charge in [-0.2, -0.15) is 0 Å². The molecule has 1 aliphatic carbocycles. The van der Waals surface area contributed by atoms with Gasteiger partial charge in [0.15, 0.2) is 11.5 Å². The summed E-state index contributed by atoms with van der Waals surface area (Å²) in [7, 11) is 0. The van der Waals surface area contributed by atoms with Gasteiger partial charge in [0.2, 0.25) is 29.5 Å². The quantitative estimate of drug-likeness (QED) is 0.0941. The Morgan fingerprint density at radius 3 is 1.82 bits per heavy atom. The third-order valence-corrected chi connectivity index (χ3v) is 10.4. The van der Waals surface area contributed by atoms with E-state index in [0.717, 1.165) is 49.2 Å². The number of hydrogen-bond acceptors (Lipinski definition) is 9. The van der Waals surface area contributed by atoms with Gasteiger partial charge < -0.3 is 46.0 Å². The summed E-state index contributed by atoms with van der Waals surface area (Å²) in [4.78, 5) is 77.9. The van der Waals surface area contributed by atoms with Crippen LogP contribution in [-0.2, 0) is 43.2 Å². The molecule has 2 bridgehead atoms. The number of nitrogens with one attached hydrogen (secondary N) is 7. The highest BCUT2D eigenvalue weighted by Gasteiger charge is 2.28. The Kier molecular flexibility index (Phi) is 16.8. The summed E-state index contributed by atoms with van der Waals surface area (Å²) in [6, 6.07) is 3.36. The molecule has 1 saturated carbocycles. The van der Waals surface area contributed by atoms with Crippen molar-refractivity contribution in [3.8, 4) is 11.5 Å². The van der Waals surface area contributed by atoms with Gasteiger partial charge in [0.25, 0.3) is 0 Å². The molecular formula is C41H59N9O7. The summed E-state index contributed by atoms with van der Waals surface area (Å²) in [5, 5.41) is 14.1. The van der Waals surface area contributed by atoms with Crippen molar-refractivity contribution in [1.29, 1.82) is 0 Å². The molecule has 2 aliphatic rings. The number of hydrogen-bond donors (Lipinski definition) is 7. The number of unbranched alkanes of at least 4 members (excludes halogenated alkanes) is 1. The zero-order valence-corrected chi connectivity index (χ0v) is 33.2. The van der Waals surface area contributed by atoms with Crippen LogP contribution in [0.5, 0.6) is 11.5 Å². The summed E-state index contributed by atoms with van der Waals surface area (Å²) < 4.78 is 13.0. The molecule has 5 atom stereocenters. The Morgan fingerprint density at radius 1 is 0.667 bits per heavy atom. The molecule has 3 aromatic rings. The second-order valence-corrected chi connectivity index (χ2v) is 15.1. The van der Waals surface area contributed by atoms with Crippen molar-refractivity contribution >= 4 is 29.5 Å². The molecule has 7 N–H and O–H groups in total. The summed E-state index contributed by atoms with van der Waals surface area (Å²) in [5.41, 5.74) is 2.35. The molecule has 5 unspecified atom stereocenters. The highest BCUT2D eigenvalue weighted by molar-refractivity contribution is 5.92. The van der Waals surface area contributed by atoms with E-state index in [9.17, 15) is 24.0 Å². The van der Waals surface area contributed by atoms with E-state index in [1.165, 1.54) is 52.2 Å². The highest BCUT2D eigenvalue weighted by atomic mass is 16.5. The van der Waals surface area contributed by atoms with E-state index in [1.54, 1.807) is 12.4 Å². The number of imidazole rings is 2. The first-order valence-electron chi connectivity index (χ1n) is 20.4. The van der Waals surface area contributed by atoms with Crippen LogP contribution in [0.3, 0.4) is 0 Å². The normalized spacial score (nSPS) is 18.4. The van der Waals surface area contributed by atoms with Crippen LogP contribution in [0, 0.1) is 0 Å². The Balaban J connectivity index is 1.19. The lowest BCUT2D eigenvalue weighted by Gasteiger charge is -2.29. The van der Waals surface area contributed by atoms with Crippen molar-refractivity contribution < 1.29 is 33.4 Å². The fourth-order valence-corrected chi connectivity index (χ4v) is 7.37. The van der Waals surface area contributed by atoms with Gasteiger partial charge in [-0.05, 0) is 81.9 Å². The van der Waals surface area contributed by atoms with E-state index in [2.05, 4.69) is 46.5 Å². The van der Waals surface area contributed by atoms with Crippen molar-refractivity contribution in [2.75, 3.05) is 13.1 Å². The predicted octanol–water partition coefficient (Wildman–Crippen LogP) is 3.09. The smallest absolute Gasteiger partial charge is 0.243 e. The van der Waals surface area contributed by atoms with Crippen molar-refractivity contribution in [2.24, 2.45) is 0 Å². The minimum atomic E-state index is -0.939. The SMILES string of the molecule is CC(=O)NC(Cc1cnc[nH]1)C(=O)NCCCCC(NC(=O)C(Cc1cnc[nH]1)NC(C)=O)C(=O)NCCc1ccc2c(c1)OC1CCCCCCCC(CC1)O2. The zero-order valence-electron chi connectivity index (χ0n) is 33.2. The third-order valence-electron chi connectivity index (χ3n) is 10.4. The maximum atomic E-state index is 13.7. The van der Waals surface area contributed by atoms with Gasteiger partial charge in [0.1, 0.15) is 18.1 Å². The van der Waals surface area contributed by atoms with Crippen molar-refractivity contribution in [1.82, 2.24) is 46.5 Å². The molecule has 1 fully saturated rings. The van der Waals surface area contributed by atoms with Gasteiger partial charge in [0.05, 0.1) is 24.9 Å². The first kappa shape index (κ1) is 42.7. The van der Waals surface area contributed by atoms with Crippen molar-refractivity contribution in [2.45, 2.75) is 140 Å². The Bertz CT molecular complexity index is 1730. The second kappa shape index (κ2) is 22.4. The number of aromatic amines is 2. The second-order valence-electron chi connectivity index (χ2n) is 15.1. The van der Waals surface area contributed by atoms with Crippen LogP contribution in [-0.4, -0.2) is 92.9 Å². The van der Waals surface area contributed by atoms with Gasteiger partial charge in [-0.15, -0.1) is 0 Å². The zero-order chi connectivity index (χ0) is 40.4. The van der Waals surface area contributed by atoms with E-state index in [1.807, 2.05) is 18.2 Å². The van der Waals surface area contributed by atoms with Crippen LogP contribution in [0.25, 0.3) is 0 Å². The topological polar surface area (TPSA) is 221 Å². The molecular weight excluding hydrogens is 731 g/mol. The van der Waals surface area contributed by atoms with Crippen LogP contribution in [0.15, 0.2) is 43.2 Å². The van der Waals surface area contributed by atoms with E-state index in [0.29, 0.717) is 43.7 Å². The van der Waals surface area contributed by atoms with Crippen molar-refractivity contribution in [3.63, 3.8) is 0 Å². The van der Waals surface area contributed by atoms with Crippen LogP contribution in [0.2, 0.25) is 0 Å². The molecule has 1 aliphatic heterocycles. The largest absolute Gasteiger partial charge is 0.487 e. The highest BCUT2D eigenvalue weighted by Crippen LogP contribution is 2.36. The number of nitrogens with zero attached hydrogens (tertiary/aromatic N) is 2. The number of H-pyrrole nitrogens is 2. The molecule has 0 spiro atoms. The maximum absolute atomic E-state index is 13.7. The molecule has 57 heavy (non-hydrogen) atoms. The Labute approximate surface area is 334 Å². The van der Waals surface area contributed by atoms with Crippen LogP contribution in [0.1, 0.15) is 108 Å². The monoisotopic (exact) mass is 789 g/mol. The third kappa shape index (κ3) is 14.6. The Morgan fingerprint density at radius 2 is 1.23 bits per heavy atom. The number of carbonyl (C=O) groups excluding carboxylic acids is 5. The molecule has 0 radical (unpaired) electrons. The fraction of sp³-hybridized carbons (Fsp3) is 0.585. The van der Waals surface area contributed by atoms with E-state index >= 15 is 0 Å². The van der Waals surface area contributed by atoms with E-state index < -0.39 is 24.0 Å². The van der Waals surface area contributed by atoms with Gasteiger partial charge >= 0.3 is 0 Å². The number of amides is 5. The van der Waals surface area contributed by atoms with Crippen LogP contribution >= 0.6 is 0 Å².